The molecule has 0 aliphatic heterocycles. The number of carbonyl (C=O) groups is 1. The summed E-state index contributed by atoms with van der Waals surface area (Å²) in [4.78, 5) is 22.3. The number of carbonyl (C=O) groups excluding carboxylic acids is 1. The van der Waals surface area contributed by atoms with Gasteiger partial charge in [0, 0.05) is 30.4 Å². The fourth-order valence-electron chi connectivity index (χ4n) is 2.09. The monoisotopic (exact) mass is 333 g/mol. The number of nitrogens with one attached hydrogen (secondary N) is 2. The first-order valence-corrected chi connectivity index (χ1v) is 7.38. The van der Waals surface area contributed by atoms with E-state index in [0.29, 0.717) is 29.2 Å². The Balaban J connectivity index is 1.84. The van der Waals surface area contributed by atoms with Gasteiger partial charge in [-0.15, -0.1) is 0 Å². The lowest BCUT2D eigenvalue weighted by molar-refractivity contribution is -0.385. The number of nitrogens with zero attached hydrogens (tertiary/aromatic N) is 1. The Morgan fingerprint density at radius 2 is 1.96 bits per heavy atom. The van der Waals surface area contributed by atoms with Gasteiger partial charge in [-0.1, -0.05) is 23.7 Å². The molecule has 0 aromatic heterocycles. The van der Waals surface area contributed by atoms with Gasteiger partial charge in [0.15, 0.2) is 0 Å². The van der Waals surface area contributed by atoms with E-state index in [0.717, 1.165) is 5.69 Å². The molecule has 0 radical (unpaired) electrons. The molecule has 23 heavy (non-hydrogen) atoms. The van der Waals surface area contributed by atoms with Crippen LogP contribution in [-0.2, 0) is 0 Å². The highest BCUT2D eigenvalue weighted by molar-refractivity contribution is 6.33. The van der Waals surface area contributed by atoms with Crippen LogP contribution in [0.5, 0.6) is 0 Å². The summed E-state index contributed by atoms with van der Waals surface area (Å²) in [7, 11) is 0. The Bertz CT molecular complexity index is 734. The maximum absolute atomic E-state index is 12.0. The summed E-state index contributed by atoms with van der Waals surface area (Å²) in [6.45, 7) is 2.58. The molecule has 7 heteroatoms. The Hall–Kier alpha value is -2.60. The quantitative estimate of drug-likeness (QED) is 0.482. The van der Waals surface area contributed by atoms with Crippen molar-refractivity contribution in [1.29, 1.82) is 0 Å². The van der Waals surface area contributed by atoms with Crippen molar-refractivity contribution in [2.45, 2.75) is 6.92 Å². The van der Waals surface area contributed by atoms with Crippen LogP contribution in [-0.4, -0.2) is 23.9 Å². The van der Waals surface area contributed by atoms with E-state index in [4.69, 9.17) is 11.6 Å². The van der Waals surface area contributed by atoms with Gasteiger partial charge in [0.2, 0.25) is 0 Å². The number of rotatable bonds is 6. The van der Waals surface area contributed by atoms with Gasteiger partial charge in [-0.25, -0.2) is 0 Å². The molecule has 0 heterocycles. The number of nitro groups is 1. The molecule has 0 fully saturated rings. The highest BCUT2D eigenvalue weighted by atomic mass is 35.5. The van der Waals surface area contributed by atoms with E-state index in [-0.39, 0.29) is 11.6 Å². The zero-order valence-corrected chi connectivity index (χ0v) is 13.3. The Morgan fingerprint density at radius 3 is 2.61 bits per heavy atom. The predicted octanol–water partition coefficient (Wildman–Crippen LogP) is 3.40. The molecule has 0 unspecified atom stereocenters. The van der Waals surface area contributed by atoms with Crippen LogP contribution < -0.4 is 10.6 Å². The smallest absolute Gasteiger partial charge is 0.272 e. The fraction of sp³-hybridized carbons (Fsp3) is 0.188. The number of benzene rings is 2. The minimum absolute atomic E-state index is 0.0857. The second-order valence-corrected chi connectivity index (χ2v) is 5.33. The van der Waals surface area contributed by atoms with Crippen LogP contribution in [0.3, 0.4) is 0 Å². The number of halogens is 1. The molecule has 0 saturated carbocycles. The highest BCUT2D eigenvalue weighted by Crippen LogP contribution is 2.21. The third-order valence-electron chi connectivity index (χ3n) is 3.25. The fourth-order valence-corrected chi connectivity index (χ4v) is 2.32. The van der Waals surface area contributed by atoms with Crippen molar-refractivity contribution in [3.05, 3.63) is 68.7 Å². The Labute approximate surface area is 138 Å². The van der Waals surface area contributed by atoms with Crippen molar-refractivity contribution in [1.82, 2.24) is 5.32 Å². The standard InChI is InChI=1S/C16H16ClN3O3/c1-11-10-12(6-7-15(11)20(22)23)18-8-9-19-16(21)13-4-2-3-5-14(13)17/h2-7,10,18H,8-9H2,1H3,(H,19,21). The van der Waals surface area contributed by atoms with Crippen molar-refractivity contribution in [2.75, 3.05) is 18.4 Å². The maximum Gasteiger partial charge on any atom is 0.272 e. The Morgan fingerprint density at radius 1 is 1.22 bits per heavy atom. The van der Waals surface area contributed by atoms with Crippen molar-refractivity contribution in [3.8, 4) is 0 Å². The molecule has 0 aliphatic rings. The van der Waals surface area contributed by atoms with Crippen LogP contribution in [0.15, 0.2) is 42.5 Å². The lowest BCUT2D eigenvalue weighted by Gasteiger charge is -2.09. The zero-order valence-electron chi connectivity index (χ0n) is 12.5. The second-order valence-electron chi connectivity index (χ2n) is 4.92. The van der Waals surface area contributed by atoms with Crippen molar-refractivity contribution in [3.63, 3.8) is 0 Å². The van der Waals surface area contributed by atoms with Crippen LogP contribution in [0.25, 0.3) is 0 Å². The molecule has 6 nitrogen and oxygen atoms in total. The summed E-state index contributed by atoms with van der Waals surface area (Å²) >= 11 is 5.95. The van der Waals surface area contributed by atoms with E-state index in [2.05, 4.69) is 10.6 Å². The lowest BCUT2D eigenvalue weighted by Crippen LogP contribution is -2.28. The van der Waals surface area contributed by atoms with Gasteiger partial charge in [0.25, 0.3) is 11.6 Å². The van der Waals surface area contributed by atoms with Gasteiger partial charge in [0.1, 0.15) is 0 Å². The topological polar surface area (TPSA) is 84.3 Å². The first-order chi connectivity index (χ1) is 11.0. The van der Waals surface area contributed by atoms with Gasteiger partial charge in [-0.3, -0.25) is 14.9 Å². The SMILES string of the molecule is Cc1cc(NCCNC(=O)c2ccccc2Cl)ccc1[N+](=O)[O-]. The molecule has 0 bridgehead atoms. The molecule has 2 aromatic rings. The molecular weight excluding hydrogens is 318 g/mol. The van der Waals surface area contributed by atoms with E-state index in [1.165, 1.54) is 6.07 Å². The largest absolute Gasteiger partial charge is 0.383 e. The third kappa shape index (κ3) is 4.43. The minimum Gasteiger partial charge on any atom is -0.383 e. The van der Waals surface area contributed by atoms with Crippen LogP contribution >= 0.6 is 11.6 Å². The van der Waals surface area contributed by atoms with Crippen LogP contribution in [0, 0.1) is 17.0 Å². The molecule has 2 N–H and O–H groups in total. The number of hydrogen-bond donors (Lipinski definition) is 2. The average Bonchev–Trinajstić information content (AvgIpc) is 2.51. The third-order valence-corrected chi connectivity index (χ3v) is 3.58. The summed E-state index contributed by atoms with van der Waals surface area (Å²) in [5, 5.41) is 17.0. The first-order valence-electron chi connectivity index (χ1n) is 7.00. The molecule has 120 valence electrons. The first kappa shape index (κ1) is 16.8. The second kappa shape index (κ2) is 7.60. The van der Waals surface area contributed by atoms with E-state index >= 15 is 0 Å². The van der Waals surface area contributed by atoms with Crippen molar-refractivity contribution < 1.29 is 9.72 Å². The number of anilines is 1. The molecule has 0 saturated heterocycles. The number of aryl methyl sites for hydroxylation is 1. The van der Waals surface area contributed by atoms with Gasteiger partial charge in [-0.05, 0) is 31.2 Å². The molecule has 2 rings (SSSR count). The summed E-state index contributed by atoms with van der Waals surface area (Å²) in [6, 6.07) is 11.6. The van der Waals surface area contributed by atoms with E-state index in [1.54, 1.807) is 43.3 Å². The van der Waals surface area contributed by atoms with Crippen molar-refractivity contribution in [2.24, 2.45) is 0 Å². The maximum atomic E-state index is 12.0. The van der Waals surface area contributed by atoms with Gasteiger partial charge in [-0.2, -0.15) is 0 Å². The highest BCUT2D eigenvalue weighted by Gasteiger charge is 2.10. The van der Waals surface area contributed by atoms with Crippen molar-refractivity contribution >= 4 is 28.9 Å². The Kier molecular flexibility index (Phi) is 5.54. The summed E-state index contributed by atoms with van der Waals surface area (Å²) in [6.07, 6.45) is 0. The van der Waals surface area contributed by atoms with Crippen LogP contribution in [0.4, 0.5) is 11.4 Å². The lowest BCUT2D eigenvalue weighted by atomic mass is 10.2. The molecule has 0 aliphatic carbocycles. The molecule has 0 spiro atoms. The summed E-state index contributed by atoms with van der Waals surface area (Å²) < 4.78 is 0. The van der Waals surface area contributed by atoms with Crippen LogP contribution in [0.1, 0.15) is 15.9 Å². The predicted molar refractivity (Wildman–Crippen MR) is 90.1 cm³/mol. The van der Waals surface area contributed by atoms with E-state index < -0.39 is 4.92 Å². The van der Waals surface area contributed by atoms with Gasteiger partial charge >= 0.3 is 0 Å². The van der Waals surface area contributed by atoms with Gasteiger partial charge in [0.05, 0.1) is 15.5 Å². The zero-order chi connectivity index (χ0) is 16.8. The minimum atomic E-state index is -0.414. The molecule has 1 amide bonds. The molecular formula is C16H16ClN3O3. The molecule has 2 aromatic carbocycles. The normalized spacial score (nSPS) is 10.2. The molecule has 0 atom stereocenters. The number of nitro benzene ring substituents is 1. The average molecular weight is 334 g/mol. The van der Waals surface area contributed by atoms with Crippen LogP contribution in [0.2, 0.25) is 5.02 Å². The van der Waals surface area contributed by atoms with Gasteiger partial charge < -0.3 is 10.6 Å². The summed E-state index contributed by atoms with van der Waals surface area (Å²) in [5.74, 6) is -0.239. The van der Waals surface area contributed by atoms with E-state index in [9.17, 15) is 14.9 Å². The van der Waals surface area contributed by atoms with E-state index in [1.807, 2.05) is 0 Å². The number of amides is 1. The number of hydrogen-bond acceptors (Lipinski definition) is 4. The summed E-state index contributed by atoms with van der Waals surface area (Å²) in [5.41, 5.74) is 1.86.